The van der Waals surface area contributed by atoms with Crippen LogP contribution in [0.25, 0.3) is 67.6 Å². The van der Waals surface area contributed by atoms with Gasteiger partial charge in [0.2, 0.25) is 0 Å². The Balaban J connectivity index is 1.21. The predicted molar refractivity (Wildman–Crippen MR) is 354 cm³/mol. The Morgan fingerprint density at radius 3 is 1.52 bits per heavy atom. The molecule has 5 aromatic heterocycles. The maximum atomic E-state index is 14.5. The van der Waals surface area contributed by atoms with Gasteiger partial charge in [-0.15, -0.1) is 45.3 Å². The second-order valence-electron chi connectivity index (χ2n) is 21.6. The Bertz CT molecular complexity index is 3480. The van der Waals surface area contributed by atoms with Crippen molar-refractivity contribution in [3.05, 3.63) is 124 Å². The van der Waals surface area contributed by atoms with Gasteiger partial charge in [0.25, 0.3) is 5.91 Å². The average Bonchev–Trinajstić information content (AvgIpc) is 3.79. The van der Waals surface area contributed by atoms with Crippen LogP contribution in [-0.4, -0.2) is 47.2 Å². The molecule has 1 amide bonds. The largest absolute Gasteiger partial charge is 0.536 e. The molecular formula is C69H84N4O4S4Si. The summed E-state index contributed by atoms with van der Waals surface area (Å²) in [4.78, 5) is 26.2. The van der Waals surface area contributed by atoms with Crippen LogP contribution in [-0.2, 0) is 50.3 Å². The lowest BCUT2D eigenvalue weighted by molar-refractivity contribution is -0.114. The van der Waals surface area contributed by atoms with Gasteiger partial charge in [-0.3, -0.25) is 9.69 Å². The highest BCUT2D eigenvalue weighted by Gasteiger charge is 2.41. The number of fused-ring (bicyclic) bond motifs is 3. The number of thiophene rings is 4. The fourth-order valence-electron chi connectivity index (χ4n) is 11.4. The van der Waals surface area contributed by atoms with Gasteiger partial charge in [0, 0.05) is 99.6 Å². The van der Waals surface area contributed by atoms with E-state index in [0.717, 1.165) is 74.8 Å². The van der Waals surface area contributed by atoms with Crippen LogP contribution in [0.15, 0.2) is 96.6 Å². The Kier molecular flexibility index (Phi) is 23.6. The summed E-state index contributed by atoms with van der Waals surface area (Å²) in [5.41, 5.74) is 9.84. The zero-order valence-corrected chi connectivity index (χ0v) is 54.1. The van der Waals surface area contributed by atoms with Crippen LogP contribution in [0.2, 0.25) is 0 Å². The van der Waals surface area contributed by atoms with Gasteiger partial charge >= 0.3 is 8.80 Å². The summed E-state index contributed by atoms with van der Waals surface area (Å²) in [5.74, 6) is -0.518. The van der Waals surface area contributed by atoms with Gasteiger partial charge in [-0.2, -0.15) is 10.5 Å². The quantitative estimate of drug-likeness (QED) is 0.0134. The van der Waals surface area contributed by atoms with Crippen molar-refractivity contribution in [2.24, 2.45) is 0 Å². The van der Waals surface area contributed by atoms with Crippen molar-refractivity contribution in [2.75, 3.05) is 32.8 Å². The first-order valence-electron chi connectivity index (χ1n) is 30.2. The summed E-state index contributed by atoms with van der Waals surface area (Å²) >= 11 is 7.60. The third-order valence-electron chi connectivity index (χ3n) is 16.0. The number of amides is 1. The van der Waals surface area contributed by atoms with Crippen molar-refractivity contribution < 1.29 is 18.1 Å². The molecule has 0 unspecified atom stereocenters. The molecule has 0 fully saturated rings. The number of para-hydroxylation sites is 1. The Hall–Kier alpha value is -5.45. The molecule has 8 rings (SSSR count). The predicted octanol–water partition coefficient (Wildman–Crippen LogP) is 19.8. The lowest BCUT2D eigenvalue weighted by atomic mass is 10.0. The molecule has 0 saturated carbocycles. The maximum Gasteiger partial charge on any atom is 0.536 e. The molecule has 0 bridgehead atoms. The first-order chi connectivity index (χ1) is 40.1. The molecule has 5 heterocycles. The van der Waals surface area contributed by atoms with Crippen molar-refractivity contribution >= 4 is 98.8 Å². The number of carbonyl (C=O) groups is 1. The van der Waals surface area contributed by atoms with Gasteiger partial charge < -0.3 is 17.8 Å². The number of hydrogen-bond donors (Lipinski definition) is 0. The van der Waals surface area contributed by atoms with Gasteiger partial charge in [-0.05, 0) is 147 Å². The molecule has 432 valence electrons. The van der Waals surface area contributed by atoms with Crippen LogP contribution < -0.4 is 10.1 Å². The third-order valence-corrected chi connectivity index (χ3v) is 23.8. The van der Waals surface area contributed by atoms with E-state index < -0.39 is 14.7 Å². The first-order valence-corrected chi connectivity index (χ1v) is 35.2. The van der Waals surface area contributed by atoms with E-state index in [1.165, 1.54) is 154 Å². The van der Waals surface area contributed by atoms with E-state index in [9.17, 15) is 15.3 Å². The molecule has 8 aromatic rings. The highest BCUT2D eigenvalue weighted by molar-refractivity contribution is 7.29. The van der Waals surface area contributed by atoms with E-state index >= 15 is 0 Å². The highest BCUT2D eigenvalue weighted by atomic mass is 32.1. The number of aryl methyl sites for hydroxylation is 5. The maximum absolute atomic E-state index is 14.5. The number of nitrogens with zero attached hydrogens (tertiary/aromatic N) is 4. The topological polar surface area (TPSA) is 101 Å². The average molecular weight is 1190 g/mol. The highest BCUT2D eigenvalue weighted by Crippen LogP contribution is 2.50. The zero-order valence-electron chi connectivity index (χ0n) is 49.8. The Morgan fingerprint density at radius 1 is 0.549 bits per heavy atom. The minimum Gasteiger partial charge on any atom is -0.373 e. The number of hydrogen-bond acceptors (Lipinski definition) is 10. The number of benzene rings is 3. The molecule has 0 N–H and O–H groups in total. The van der Waals surface area contributed by atoms with Gasteiger partial charge in [0.05, 0.1) is 6.07 Å². The standard InChI is InChI=1S/C69H84N4O4S4Si/c1-9-14-18-22-28-49-43-63(78-61(49)47-54(48-71)69(74)73(41-40-70)55-35-37-56(38-36-55)82(75-6,76-7)77-8)66-52(30-24-20-16-11-3)45-65(80-66)68-53(31-25-21-17-12-4)46-64(81-68)67-51(29-23-19-15-10-2)44-62(79-67)50-34-39-60-58(42-50)57-32-26-27-33-59(57)72(60)13-5/h26-27,32-39,42-47H,9-25,28-31,41H2,1-8H3/b54-47+. The van der Waals surface area contributed by atoms with Crippen molar-refractivity contribution in [3.63, 3.8) is 0 Å². The van der Waals surface area contributed by atoms with E-state index in [1.54, 1.807) is 63.0 Å². The molecule has 0 aliphatic carbocycles. The van der Waals surface area contributed by atoms with Crippen LogP contribution in [0.1, 0.15) is 164 Å². The van der Waals surface area contributed by atoms with E-state index in [1.807, 2.05) is 34.0 Å². The zero-order chi connectivity index (χ0) is 58.0. The fourth-order valence-corrected chi connectivity index (χ4v) is 18.4. The molecule has 13 heteroatoms. The van der Waals surface area contributed by atoms with Crippen LogP contribution in [0.4, 0.5) is 5.69 Å². The number of unbranched alkanes of at least 4 members (excludes halogenated alkanes) is 12. The van der Waals surface area contributed by atoms with Gasteiger partial charge in [0.15, 0.2) is 0 Å². The third kappa shape index (κ3) is 14.5. The lowest BCUT2D eigenvalue weighted by Gasteiger charge is -2.25. The van der Waals surface area contributed by atoms with Crippen molar-refractivity contribution in [1.29, 1.82) is 10.5 Å². The van der Waals surface area contributed by atoms with Crippen LogP contribution >= 0.6 is 45.3 Å². The second kappa shape index (κ2) is 30.9. The molecule has 0 spiro atoms. The first kappa shape index (κ1) is 62.6. The van der Waals surface area contributed by atoms with Crippen LogP contribution in [0.3, 0.4) is 0 Å². The normalized spacial score (nSPS) is 12.0. The molecule has 0 aliphatic heterocycles. The lowest BCUT2D eigenvalue weighted by Crippen LogP contribution is -2.54. The number of aromatic nitrogens is 1. The smallest absolute Gasteiger partial charge is 0.373 e. The number of nitriles is 2. The number of carbonyl (C=O) groups excluding carboxylic acids is 1. The van der Waals surface area contributed by atoms with Gasteiger partial charge in [-0.25, -0.2) is 0 Å². The second-order valence-corrected chi connectivity index (χ2v) is 28.7. The summed E-state index contributed by atoms with van der Waals surface area (Å²) < 4.78 is 19.5. The monoisotopic (exact) mass is 1190 g/mol. The Labute approximate surface area is 506 Å². The molecule has 0 saturated heterocycles. The molecule has 0 atom stereocenters. The summed E-state index contributed by atoms with van der Waals surface area (Å²) in [7, 11) is 1.51. The SMILES string of the molecule is CCCCCCc1cc(-c2sc(-c3sc(-c4sc(-c5ccc6c(c5)c5ccccc5n6CC)cc4CCCCCC)cc3CCCCCC)cc2CCCCCC)sc1/C=C(\C#N)C(=O)N(CC#N)c1ccc([Si](OC)(OC)OC)cc1. The van der Waals surface area contributed by atoms with Crippen LogP contribution in [0.5, 0.6) is 0 Å². The number of anilines is 1. The minimum atomic E-state index is -3.15. The molecule has 0 aliphatic rings. The Morgan fingerprint density at radius 2 is 1.02 bits per heavy atom. The van der Waals surface area contributed by atoms with Crippen LogP contribution in [0, 0.1) is 22.7 Å². The molecule has 8 nitrogen and oxygen atoms in total. The van der Waals surface area contributed by atoms with E-state index in [-0.39, 0.29) is 12.1 Å². The molecular weight excluding hydrogens is 1110 g/mol. The van der Waals surface area contributed by atoms with Gasteiger partial charge in [0.1, 0.15) is 18.2 Å². The minimum absolute atomic E-state index is 0.00599. The van der Waals surface area contributed by atoms with Crippen molar-refractivity contribution in [1.82, 2.24) is 4.57 Å². The summed E-state index contributed by atoms with van der Waals surface area (Å²) in [6, 6.07) is 37.5. The molecule has 82 heavy (non-hydrogen) atoms. The van der Waals surface area contributed by atoms with E-state index in [4.69, 9.17) is 13.3 Å². The summed E-state index contributed by atoms with van der Waals surface area (Å²) in [5, 5.41) is 24.2. The summed E-state index contributed by atoms with van der Waals surface area (Å²) in [6.07, 6.45) is 24.6. The molecule has 0 radical (unpaired) electrons. The molecule has 3 aromatic carbocycles. The van der Waals surface area contributed by atoms with E-state index in [2.05, 4.69) is 118 Å². The summed E-state index contributed by atoms with van der Waals surface area (Å²) in [6.45, 7) is 12.1. The number of rotatable bonds is 33. The van der Waals surface area contributed by atoms with Crippen molar-refractivity contribution in [3.8, 4) is 51.8 Å². The van der Waals surface area contributed by atoms with Gasteiger partial charge in [-0.1, -0.05) is 141 Å². The fraction of sp³-hybridized carbons (Fsp3) is 0.435. The van der Waals surface area contributed by atoms with E-state index in [0.29, 0.717) is 10.9 Å². The van der Waals surface area contributed by atoms with Crippen molar-refractivity contribution in [2.45, 2.75) is 170 Å².